The van der Waals surface area contributed by atoms with Gasteiger partial charge in [-0.3, -0.25) is 14.8 Å². The molecule has 0 bridgehead atoms. The van der Waals surface area contributed by atoms with Crippen LogP contribution in [0.5, 0.6) is 0 Å². The smallest absolute Gasteiger partial charge is 0.336 e. The topological polar surface area (TPSA) is 103 Å². The van der Waals surface area contributed by atoms with E-state index >= 15 is 0 Å². The van der Waals surface area contributed by atoms with E-state index < -0.39 is 23.8 Å². The number of rotatable bonds is 6. The Morgan fingerprint density at radius 3 is 2.56 bits per heavy atom. The normalized spacial score (nSPS) is 17.7. The summed E-state index contributed by atoms with van der Waals surface area (Å²) >= 11 is 1.45. The summed E-state index contributed by atoms with van der Waals surface area (Å²) in [7, 11) is 2.65. The summed E-state index contributed by atoms with van der Waals surface area (Å²) in [5.74, 6) is -2.41. The third-order valence-electron chi connectivity index (χ3n) is 5.69. The summed E-state index contributed by atoms with van der Waals surface area (Å²) < 4.78 is 10.2. The Hall–Kier alpha value is -3.85. The highest BCUT2D eigenvalue weighted by atomic mass is 32.1. The van der Waals surface area contributed by atoms with E-state index in [1.165, 1.54) is 25.6 Å². The van der Waals surface area contributed by atoms with Crippen LogP contribution in [0.4, 0.5) is 10.8 Å². The molecule has 0 aliphatic carbocycles. The number of esters is 2. The number of ether oxygens (including phenoxy) is 2. The first-order valence-corrected chi connectivity index (χ1v) is 11.5. The molecule has 0 spiro atoms. The highest BCUT2D eigenvalue weighted by molar-refractivity contribution is 7.14. The summed E-state index contributed by atoms with van der Waals surface area (Å²) in [4.78, 5) is 39.0. The first-order valence-electron chi connectivity index (χ1n) is 10.6. The lowest BCUT2D eigenvalue weighted by molar-refractivity contribution is -0.143. The number of nitrogens with zero attached hydrogens (tertiary/aromatic N) is 3. The standard InChI is InChI=1S/C25H24N4O4S/c1-14-20(23(30)32-3)22(21(15(2)27-14)24(31)33-4)17-9-5-6-10-18(17)28-25-29-19(13-34-25)16-8-7-11-26-12-16/h5-13,20,22H,1-4H3,(H,28,29). The Kier molecular flexibility index (Phi) is 6.83. The van der Waals surface area contributed by atoms with E-state index in [4.69, 9.17) is 9.47 Å². The number of hydrogen-bond acceptors (Lipinski definition) is 9. The molecule has 0 amide bonds. The summed E-state index contributed by atoms with van der Waals surface area (Å²) in [5, 5.41) is 5.98. The Morgan fingerprint density at radius 1 is 1.06 bits per heavy atom. The van der Waals surface area contributed by atoms with Crippen molar-refractivity contribution in [3.63, 3.8) is 0 Å². The summed E-state index contributed by atoms with van der Waals surface area (Å²) in [6.07, 6.45) is 3.47. The van der Waals surface area contributed by atoms with Crippen molar-refractivity contribution in [3.8, 4) is 11.3 Å². The van der Waals surface area contributed by atoms with Crippen molar-refractivity contribution in [2.24, 2.45) is 10.9 Å². The quantitative estimate of drug-likeness (QED) is 0.513. The second kappa shape index (κ2) is 9.96. The average Bonchev–Trinajstić information content (AvgIpc) is 3.32. The average molecular weight is 477 g/mol. The number of aromatic nitrogens is 2. The van der Waals surface area contributed by atoms with E-state index in [1.54, 1.807) is 26.2 Å². The maximum atomic E-state index is 12.8. The lowest BCUT2D eigenvalue weighted by Gasteiger charge is -2.32. The predicted octanol–water partition coefficient (Wildman–Crippen LogP) is 4.74. The zero-order valence-corrected chi connectivity index (χ0v) is 20.1. The monoisotopic (exact) mass is 476 g/mol. The molecule has 0 saturated carbocycles. The number of para-hydroxylation sites is 1. The number of methoxy groups -OCH3 is 2. The summed E-state index contributed by atoms with van der Waals surface area (Å²) in [6, 6.07) is 11.3. The molecule has 2 atom stereocenters. The fourth-order valence-corrected chi connectivity index (χ4v) is 4.89. The minimum Gasteiger partial charge on any atom is -0.468 e. The van der Waals surface area contributed by atoms with Gasteiger partial charge >= 0.3 is 11.9 Å². The lowest BCUT2D eigenvalue weighted by atomic mass is 9.75. The molecule has 0 saturated heterocycles. The lowest BCUT2D eigenvalue weighted by Crippen LogP contribution is -2.36. The van der Waals surface area contributed by atoms with Crippen LogP contribution in [0.3, 0.4) is 0 Å². The molecule has 1 aliphatic rings. The predicted molar refractivity (Wildman–Crippen MR) is 131 cm³/mol. The van der Waals surface area contributed by atoms with Gasteiger partial charge in [0, 0.05) is 46.4 Å². The van der Waals surface area contributed by atoms with Crippen molar-refractivity contribution >= 4 is 39.8 Å². The molecule has 3 heterocycles. The molecule has 1 N–H and O–H groups in total. The number of allylic oxidation sites excluding steroid dienone is 1. The zero-order valence-electron chi connectivity index (χ0n) is 19.2. The molecule has 4 rings (SSSR count). The van der Waals surface area contributed by atoms with Crippen LogP contribution in [0.1, 0.15) is 25.3 Å². The fraction of sp³-hybridized carbons (Fsp3) is 0.240. The fourth-order valence-electron chi connectivity index (χ4n) is 4.16. The zero-order chi connectivity index (χ0) is 24.2. The van der Waals surface area contributed by atoms with Crippen LogP contribution in [0.15, 0.2) is 70.4 Å². The van der Waals surface area contributed by atoms with Gasteiger partial charge < -0.3 is 14.8 Å². The Balaban J connectivity index is 1.78. The highest BCUT2D eigenvalue weighted by Gasteiger charge is 2.43. The van der Waals surface area contributed by atoms with Crippen molar-refractivity contribution in [1.82, 2.24) is 9.97 Å². The Labute approximate surface area is 201 Å². The van der Waals surface area contributed by atoms with Crippen LogP contribution in [-0.4, -0.2) is 41.8 Å². The number of benzene rings is 1. The van der Waals surface area contributed by atoms with Crippen molar-refractivity contribution in [1.29, 1.82) is 0 Å². The third-order valence-corrected chi connectivity index (χ3v) is 6.45. The number of hydrogen-bond donors (Lipinski definition) is 1. The van der Waals surface area contributed by atoms with Gasteiger partial charge in [0.2, 0.25) is 0 Å². The van der Waals surface area contributed by atoms with Gasteiger partial charge in [-0.25, -0.2) is 9.78 Å². The van der Waals surface area contributed by atoms with Gasteiger partial charge in [0.25, 0.3) is 0 Å². The van der Waals surface area contributed by atoms with E-state index in [2.05, 4.69) is 20.3 Å². The highest BCUT2D eigenvalue weighted by Crippen LogP contribution is 2.43. The van der Waals surface area contributed by atoms with Crippen LogP contribution in [0.25, 0.3) is 11.3 Å². The molecule has 1 aromatic carbocycles. The Bertz CT molecular complexity index is 1280. The van der Waals surface area contributed by atoms with E-state index in [1.807, 2.05) is 41.8 Å². The molecule has 0 fully saturated rings. The van der Waals surface area contributed by atoms with E-state index in [9.17, 15) is 9.59 Å². The van der Waals surface area contributed by atoms with E-state index in [0.717, 1.165) is 22.5 Å². The molecule has 9 heteroatoms. The van der Waals surface area contributed by atoms with Crippen LogP contribution in [0.2, 0.25) is 0 Å². The largest absolute Gasteiger partial charge is 0.468 e. The van der Waals surface area contributed by atoms with Crippen molar-refractivity contribution < 1.29 is 19.1 Å². The number of anilines is 2. The van der Waals surface area contributed by atoms with Crippen molar-refractivity contribution in [2.75, 3.05) is 19.5 Å². The maximum Gasteiger partial charge on any atom is 0.336 e. The second-order valence-electron chi connectivity index (χ2n) is 7.71. The molecule has 3 aromatic rings. The van der Waals surface area contributed by atoms with Gasteiger partial charge in [-0.2, -0.15) is 0 Å². The summed E-state index contributed by atoms with van der Waals surface area (Å²) in [6.45, 7) is 3.51. The summed E-state index contributed by atoms with van der Waals surface area (Å²) in [5.41, 5.74) is 4.59. The number of carbonyl (C=O) groups is 2. The molecule has 1 aliphatic heterocycles. The molecule has 2 unspecified atom stereocenters. The van der Waals surface area contributed by atoms with Gasteiger partial charge in [0.05, 0.1) is 25.5 Å². The number of nitrogens with one attached hydrogen (secondary N) is 1. The van der Waals surface area contributed by atoms with Crippen LogP contribution >= 0.6 is 11.3 Å². The molecular weight excluding hydrogens is 452 g/mol. The minimum atomic E-state index is -0.770. The number of pyridine rings is 1. The van der Waals surface area contributed by atoms with E-state index in [-0.39, 0.29) is 0 Å². The van der Waals surface area contributed by atoms with Crippen LogP contribution in [-0.2, 0) is 19.1 Å². The number of thiazole rings is 1. The third kappa shape index (κ3) is 4.47. The van der Waals surface area contributed by atoms with Gasteiger partial charge in [0.15, 0.2) is 5.13 Å². The van der Waals surface area contributed by atoms with Gasteiger partial charge in [-0.15, -0.1) is 11.3 Å². The second-order valence-corrected chi connectivity index (χ2v) is 8.57. The van der Waals surface area contributed by atoms with Crippen molar-refractivity contribution in [2.45, 2.75) is 19.8 Å². The molecule has 174 valence electrons. The minimum absolute atomic E-state index is 0.327. The van der Waals surface area contributed by atoms with Gasteiger partial charge in [-0.05, 0) is 37.6 Å². The first-order chi connectivity index (χ1) is 16.4. The number of carbonyl (C=O) groups excluding carboxylic acids is 2. The molecule has 2 aromatic heterocycles. The van der Waals surface area contributed by atoms with E-state index in [0.29, 0.717) is 22.1 Å². The SMILES string of the molecule is COC(=O)C1=C(C)N=C(C)C(C(=O)OC)C1c1ccccc1Nc1nc(-c2cccnc2)cs1. The molecule has 8 nitrogen and oxygen atoms in total. The molecule has 0 radical (unpaired) electrons. The first kappa shape index (κ1) is 23.3. The molecular formula is C25H24N4O4S. The Morgan fingerprint density at radius 2 is 1.85 bits per heavy atom. The molecule has 34 heavy (non-hydrogen) atoms. The van der Waals surface area contributed by atoms with Gasteiger partial charge in [0.1, 0.15) is 5.92 Å². The van der Waals surface area contributed by atoms with Crippen LogP contribution in [0, 0.1) is 5.92 Å². The van der Waals surface area contributed by atoms with Crippen LogP contribution < -0.4 is 5.32 Å². The van der Waals surface area contributed by atoms with Crippen molar-refractivity contribution in [3.05, 3.63) is 71.0 Å². The maximum absolute atomic E-state index is 12.8. The number of aliphatic imine (C=N–C) groups is 1. The van der Waals surface area contributed by atoms with Gasteiger partial charge in [-0.1, -0.05) is 18.2 Å².